The van der Waals surface area contributed by atoms with E-state index in [0.29, 0.717) is 5.13 Å². The average Bonchev–Trinajstić information content (AvgIpc) is 2.40. The van der Waals surface area contributed by atoms with Crippen molar-refractivity contribution in [2.75, 3.05) is 5.73 Å². The predicted octanol–water partition coefficient (Wildman–Crippen LogP) is 1.39. The standard InChI is InChI=1S/C8H13N3OS2/c1-3-5(6(9)12)13-7-4(2)11-8(10)14-7/h5H,3H2,1-2H3,(H2,9,12)(H2,10,11). The van der Waals surface area contributed by atoms with Gasteiger partial charge >= 0.3 is 0 Å². The quantitative estimate of drug-likeness (QED) is 0.767. The Kier molecular flexibility index (Phi) is 3.77. The second kappa shape index (κ2) is 4.65. The monoisotopic (exact) mass is 231 g/mol. The highest BCUT2D eigenvalue weighted by molar-refractivity contribution is 8.02. The van der Waals surface area contributed by atoms with Gasteiger partial charge in [-0.25, -0.2) is 4.98 Å². The number of thioether (sulfide) groups is 1. The van der Waals surface area contributed by atoms with Gasteiger partial charge in [0.2, 0.25) is 5.91 Å². The van der Waals surface area contributed by atoms with E-state index in [4.69, 9.17) is 11.5 Å². The van der Waals surface area contributed by atoms with E-state index in [1.807, 2.05) is 13.8 Å². The molecule has 1 unspecified atom stereocenters. The first kappa shape index (κ1) is 11.3. The minimum Gasteiger partial charge on any atom is -0.375 e. The van der Waals surface area contributed by atoms with Crippen molar-refractivity contribution < 1.29 is 4.79 Å². The fourth-order valence-corrected chi connectivity index (χ4v) is 3.10. The Balaban J connectivity index is 2.76. The molecule has 0 radical (unpaired) electrons. The number of aromatic nitrogens is 1. The second-order valence-electron chi connectivity index (χ2n) is 2.84. The molecule has 1 heterocycles. The number of amides is 1. The van der Waals surface area contributed by atoms with E-state index in [1.54, 1.807) is 0 Å². The number of hydrogen-bond acceptors (Lipinski definition) is 5. The van der Waals surface area contributed by atoms with Crippen molar-refractivity contribution in [3.8, 4) is 0 Å². The number of aryl methyl sites for hydroxylation is 1. The summed E-state index contributed by atoms with van der Waals surface area (Å²) in [5, 5.41) is 0.345. The molecule has 0 fully saturated rings. The number of hydrogen-bond donors (Lipinski definition) is 2. The van der Waals surface area contributed by atoms with Gasteiger partial charge in [0.25, 0.3) is 0 Å². The van der Waals surface area contributed by atoms with Gasteiger partial charge < -0.3 is 11.5 Å². The molecule has 0 aliphatic carbocycles. The lowest BCUT2D eigenvalue weighted by Gasteiger charge is -2.08. The molecule has 0 spiro atoms. The Hall–Kier alpha value is -0.750. The molecular formula is C8H13N3OS2. The van der Waals surface area contributed by atoms with Crippen LogP contribution in [0.4, 0.5) is 5.13 Å². The van der Waals surface area contributed by atoms with Crippen LogP contribution in [0.3, 0.4) is 0 Å². The maximum atomic E-state index is 11.0. The Morgan fingerprint density at radius 2 is 2.36 bits per heavy atom. The number of carbonyl (C=O) groups is 1. The maximum Gasteiger partial charge on any atom is 0.230 e. The SMILES string of the molecule is CCC(Sc1sc(N)nc1C)C(N)=O. The van der Waals surface area contributed by atoms with Crippen LogP contribution in [0.25, 0.3) is 0 Å². The molecule has 0 saturated carbocycles. The Morgan fingerprint density at radius 3 is 2.71 bits per heavy atom. The molecule has 0 saturated heterocycles. The zero-order chi connectivity index (χ0) is 10.7. The summed E-state index contributed by atoms with van der Waals surface area (Å²) in [4.78, 5) is 15.1. The summed E-state index contributed by atoms with van der Waals surface area (Å²) in [6.07, 6.45) is 0.719. The third-order valence-electron chi connectivity index (χ3n) is 1.71. The highest BCUT2D eigenvalue weighted by atomic mass is 32.2. The van der Waals surface area contributed by atoms with E-state index in [0.717, 1.165) is 16.3 Å². The zero-order valence-electron chi connectivity index (χ0n) is 8.11. The third-order valence-corrected chi connectivity index (χ3v) is 4.39. The minimum absolute atomic E-state index is 0.187. The summed E-state index contributed by atoms with van der Waals surface area (Å²) in [5.74, 6) is -0.288. The molecule has 6 heteroatoms. The molecule has 1 rings (SSSR count). The number of anilines is 1. The fourth-order valence-electron chi connectivity index (χ4n) is 0.984. The van der Waals surface area contributed by atoms with Gasteiger partial charge in [0.05, 0.1) is 15.2 Å². The van der Waals surface area contributed by atoms with Gasteiger partial charge in [0.15, 0.2) is 5.13 Å². The minimum atomic E-state index is -0.288. The van der Waals surface area contributed by atoms with Gasteiger partial charge in [-0.1, -0.05) is 18.3 Å². The van der Waals surface area contributed by atoms with Crippen molar-refractivity contribution in [2.24, 2.45) is 5.73 Å². The van der Waals surface area contributed by atoms with Crippen LogP contribution < -0.4 is 11.5 Å². The summed E-state index contributed by atoms with van der Waals surface area (Å²) < 4.78 is 0.980. The van der Waals surface area contributed by atoms with Crippen molar-refractivity contribution in [2.45, 2.75) is 29.7 Å². The molecule has 1 atom stereocenters. The molecule has 1 aromatic rings. The van der Waals surface area contributed by atoms with Crippen LogP contribution in [0.5, 0.6) is 0 Å². The molecule has 0 bridgehead atoms. The van der Waals surface area contributed by atoms with Crippen LogP contribution in [0.2, 0.25) is 0 Å². The molecule has 0 aromatic carbocycles. The lowest BCUT2D eigenvalue weighted by Crippen LogP contribution is -2.24. The van der Waals surface area contributed by atoms with Crippen molar-refractivity contribution in [1.82, 2.24) is 4.98 Å². The molecule has 0 aliphatic rings. The van der Waals surface area contributed by atoms with E-state index in [2.05, 4.69) is 4.98 Å². The number of primary amides is 1. The molecule has 14 heavy (non-hydrogen) atoms. The van der Waals surface area contributed by atoms with Gasteiger partial charge in [-0.2, -0.15) is 0 Å². The third kappa shape index (κ3) is 2.62. The first-order chi connectivity index (χ1) is 6.54. The van der Waals surface area contributed by atoms with Crippen molar-refractivity contribution in [3.05, 3.63) is 5.69 Å². The summed E-state index contributed by atoms with van der Waals surface area (Å²) >= 11 is 2.84. The smallest absolute Gasteiger partial charge is 0.230 e. The molecule has 1 amide bonds. The van der Waals surface area contributed by atoms with Gasteiger partial charge in [-0.3, -0.25) is 4.79 Å². The molecule has 4 N–H and O–H groups in total. The van der Waals surface area contributed by atoms with E-state index in [-0.39, 0.29) is 11.2 Å². The van der Waals surface area contributed by atoms with Gasteiger partial charge in [-0.05, 0) is 13.3 Å². The number of carbonyl (C=O) groups excluding carboxylic acids is 1. The summed E-state index contributed by atoms with van der Waals surface area (Å²) in [5.41, 5.74) is 11.7. The number of nitrogens with two attached hydrogens (primary N) is 2. The van der Waals surface area contributed by atoms with Crippen LogP contribution in [0, 0.1) is 6.92 Å². The molecule has 0 aliphatic heterocycles. The van der Waals surface area contributed by atoms with Crippen molar-refractivity contribution >= 4 is 34.1 Å². The lowest BCUT2D eigenvalue weighted by molar-refractivity contribution is -0.117. The number of nitrogens with zero attached hydrogens (tertiary/aromatic N) is 1. The van der Waals surface area contributed by atoms with Crippen molar-refractivity contribution in [1.29, 1.82) is 0 Å². The van der Waals surface area contributed by atoms with Crippen LogP contribution in [-0.4, -0.2) is 16.1 Å². The first-order valence-corrected chi connectivity index (χ1v) is 5.93. The van der Waals surface area contributed by atoms with Crippen LogP contribution in [0.15, 0.2) is 4.21 Å². The molecular weight excluding hydrogens is 218 g/mol. The van der Waals surface area contributed by atoms with E-state index in [9.17, 15) is 4.79 Å². The fraction of sp³-hybridized carbons (Fsp3) is 0.500. The zero-order valence-corrected chi connectivity index (χ0v) is 9.74. The second-order valence-corrected chi connectivity index (χ2v) is 5.34. The summed E-state index contributed by atoms with van der Waals surface area (Å²) in [6.45, 7) is 3.81. The molecule has 4 nitrogen and oxygen atoms in total. The van der Waals surface area contributed by atoms with Gasteiger partial charge in [0.1, 0.15) is 0 Å². The summed E-state index contributed by atoms with van der Waals surface area (Å²) in [6, 6.07) is 0. The highest BCUT2D eigenvalue weighted by Gasteiger charge is 2.17. The van der Waals surface area contributed by atoms with E-state index < -0.39 is 0 Å². The van der Waals surface area contributed by atoms with Crippen LogP contribution >= 0.6 is 23.1 Å². The van der Waals surface area contributed by atoms with Gasteiger partial charge in [0, 0.05) is 0 Å². The average molecular weight is 231 g/mol. The van der Waals surface area contributed by atoms with Gasteiger partial charge in [-0.15, -0.1) is 11.8 Å². The number of nitrogen functional groups attached to an aromatic ring is 1. The predicted molar refractivity (Wildman–Crippen MR) is 60.4 cm³/mol. The van der Waals surface area contributed by atoms with E-state index >= 15 is 0 Å². The lowest BCUT2D eigenvalue weighted by atomic mass is 10.3. The topological polar surface area (TPSA) is 82.0 Å². The molecule has 1 aromatic heterocycles. The maximum absolute atomic E-state index is 11.0. The van der Waals surface area contributed by atoms with E-state index in [1.165, 1.54) is 23.1 Å². The molecule has 78 valence electrons. The largest absolute Gasteiger partial charge is 0.375 e. The first-order valence-electron chi connectivity index (χ1n) is 4.23. The van der Waals surface area contributed by atoms with Crippen LogP contribution in [-0.2, 0) is 4.79 Å². The van der Waals surface area contributed by atoms with Crippen LogP contribution in [0.1, 0.15) is 19.0 Å². The normalized spacial score (nSPS) is 12.7. The Labute approximate surface area is 91.1 Å². The summed E-state index contributed by atoms with van der Waals surface area (Å²) in [7, 11) is 0. The number of thiazole rings is 1. The Bertz CT molecular complexity index is 337. The Morgan fingerprint density at radius 1 is 1.71 bits per heavy atom. The number of rotatable bonds is 4. The highest BCUT2D eigenvalue weighted by Crippen LogP contribution is 2.34. The van der Waals surface area contributed by atoms with Crippen molar-refractivity contribution in [3.63, 3.8) is 0 Å².